The van der Waals surface area contributed by atoms with E-state index in [0.29, 0.717) is 27.9 Å². The minimum Gasteiger partial charge on any atom is -0.756 e. The Labute approximate surface area is 627 Å². The molecule has 42 heteroatoms. The Bertz CT molecular complexity index is 5310. The van der Waals surface area contributed by atoms with Crippen LogP contribution in [0.1, 0.15) is 58.5 Å². The molecule has 10 aromatic rings. The number of hydrogen-bond acceptors (Lipinski definition) is 31. The van der Waals surface area contributed by atoms with Gasteiger partial charge >= 0.3 is 25.2 Å². The second kappa shape index (κ2) is 35.2. The first kappa shape index (κ1) is 79.9. The third-order valence-electron chi connectivity index (χ3n) is 18.2. The molecule has 6 unspecified atom stereocenters. The number of aromatic amines is 2. The summed E-state index contributed by atoms with van der Waals surface area (Å²) in [6, 6.07) is 33.9. The summed E-state index contributed by atoms with van der Waals surface area (Å²) in [5, 5.41) is 33.8. The minimum absolute atomic E-state index is 0. The highest BCUT2D eigenvalue weighted by molar-refractivity contribution is 7.48. The van der Waals surface area contributed by atoms with Crippen LogP contribution in [0.5, 0.6) is 0 Å². The average molecular weight is 1570 g/mol. The summed E-state index contributed by atoms with van der Waals surface area (Å²) in [5.41, 5.74) is 6.09. The number of nitrogens with one attached hydrogen (secondary N) is 3. The molecule has 12 N–H and O–H groups in total. The number of anilines is 2. The molecule has 6 aromatic heterocycles. The van der Waals surface area contributed by atoms with Crippen LogP contribution in [0.2, 0.25) is 0 Å². The van der Waals surface area contributed by atoms with Crippen LogP contribution < -0.4 is 44.6 Å². The molecule has 14 rings (SSSR count). The lowest BCUT2D eigenvalue weighted by molar-refractivity contribution is -0.234. The monoisotopic (exact) mass is 1570 g/mol. The molecule has 0 aliphatic carbocycles. The number of benzene rings is 4. The highest BCUT2D eigenvalue weighted by Gasteiger charge is 2.52. The number of methoxy groups -OCH3 is 2. The number of imidazole rings is 2. The van der Waals surface area contributed by atoms with E-state index in [4.69, 9.17) is 68.1 Å². The molecule has 0 radical (unpaired) electrons. The van der Waals surface area contributed by atoms with E-state index < -0.39 is 169 Å². The first-order valence-electron chi connectivity index (χ1n) is 33.9. The smallest absolute Gasteiger partial charge is 0.475 e. The molecule has 0 saturated carbocycles. The molecule has 16 atom stereocenters. The van der Waals surface area contributed by atoms with Gasteiger partial charge in [-0.25, -0.2) is 55.4 Å². The number of nitrogens with two attached hydrogens (primary N) is 1. The number of nitrogens with zero attached hydrogens (tertiary/aromatic N) is 11. The van der Waals surface area contributed by atoms with E-state index in [2.05, 4.69) is 50.0 Å². The molecular weight excluding hydrogens is 1500 g/mol. The zero-order valence-corrected chi connectivity index (χ0v) is 60.8. The number of phosphoric acid groups is 2. The van der Waals surface area contributed by atoms with Gasteiger partial charge in [0.1, 0.15) is 86.1 Å². The maximum Gasteiger partial charge on any atom is 0.475 e. The fourth-order valence-electron chi connectivity index (χ4n) is 12.8. The zero-order valence-electron chi connectivity index (χ0n) is 59.1. The number of nitrogen functional groups attached to an aromatic ring is 1. The number of H-pyrrole nitrogens is 2. The number of aliphatic hydroxyl groups excluding tert-OH is 3. The normalized spacial score (nSPS) is 24.6. The van der Waals surface area contributed by atoms with Gasteiger partial charge in [0, 0.05) is 45.0 Å². The number of amides is 1. The van der Waals surface area contributed by atoms with Gasteiger partial charge in [0.2, 0.25) is 6.54 Å². The zero-order chi connectivity index (χ0) is 77.4. The molecule has 1 amide bonds. The summed E-state index contributed by atoms with van der Waals surface area (Å²) < 4.78 is 102. The molecular formula is C69H74N16O24P2. The SMILES string of the molecule is CO[C@H]1C(O)[C@@H](COP(=O)([O-])OC2C[C@H](n3cc(-c4ccccc4)c(=O)[nH]c3=O)O[C@@H]2CO)O[C@H]1n1cnc2c(N)ncnc21.[C-]#[N+]CCOP(=O)(OC[C@H]1O[C@@H](n2cnc3c(NC(=O)c4ccccc4)ncnc32)[C@@H](OC)C1OC(=O)c1ccccc1)OC1C[C@H](n2cc(-c3ccccc3)c(=O)[nH]c2=O)O[C@@H]1CO.[NH4+]. The number of aliphatic hydroxyl groups is 3. The van der Waals surface area contributed by atoms with Gasteiger partial charge in [-0.15, -0.1) is 0 Å². The summed E-state index contributed by atoms with van der Waals surface area (Å²) in [6.45, 7) is 4.08. The maximum absolute atomic E-state index is 14.6. The third-order valence-corrected chi connectivity index (χ3v) is 20.7. The van der Waals surface area contributed by atoms with E-state index in [9.17, 15) is 58.1 Å². The predicted octanol–water partition coefficient (Wildman–Crippen LogP) is 3.58. The Morgan fingerprint density at radius 1 is 0.622 bits per heavy atom. The number of quaternary nitrogens is 1. The number of hydrogen-bond donors (Lipinski definition) is 8. The summed E-state index contributed by atoms with van der Waals surface area (Å²) in [5.74, 6) is -0.930. The summed E-state index contributed by atoms with van der Waals surface area (Å²) >= 11 is 0. The Morgan fingerprint density at radius 3 is 1.67 bits per heavy atom. The summed E-state index contributed by atoms with van der Waals surface area (Å²) in [7, 11) is -7.10. The van der Waals surface area contributed by atoms with Crippen molar-refractivity contribution in [2.75, 3.05) is 64.8 Å². The van der Waals surface area contributed by atoms with Crippen molar-refractivity contribution in [3.8, 4) is 22.3 Å². The van der Waals surface area contributed by atoms with Gasteiger partial charge in [-0.3, -0.25) is 60.8 Å². The van der Waals surface area contributed by atoms with Crippen molar-refractivity contribution >= 4 is 61.5 Å². The van der Waals surface area contributed by atoms with E-state index >= 15 is 0 Å². The van der Waals surface area contributed by atoms with Crippen LogP contribution in [0.4, 0.5) is 11.6 Å². The fourth-order valence-corrected chi connectivity index (χ4v) is 15.2. The number of esters is 1. The van der Waals surface area contributed by atoms with Crippen molar-refractivity contribution in [3.05, 3.63) is 223 Å². The Balaban J connectivity index is 0.000000218. The Morgan fingerprint density at radius 2 is 1.12 bits per heavy atom. The molecule has 40 nitrogen and oxygen atoms in total. The van der Waals surface area contributed by atoms with Gasteiger partial charge in [0.25, 0.3) is 24.8 Å². The number of carbonyl (C=O) groups is 2. The second-order valence-corrected chi connectivity index (χ2v) is 27.9. The summed E-state index contributed by atoms with van der Waals surface area (Å²) in [6.07, 6.45) is -8.58. The van der Waals surface area contributed by atoms with Gasteiger partial charge in [-0.1, -0.05) is 97.1 Å². The first-order valence-corrected chi connectivity index (χ1v) is 36.8. The van der Waals surface area contributed by atoms with Gasteiger partial charge in [0.05, 0.1) is 61.9 Å². The number of fused-ring (bicyclic) bond motifs is 2. The van der Waals surface area contributed by atoms with Crippen LogP contribution >= 0.6 is 15.6 Å². The third kappa shape index (κ3) is 17.6. The van der Waals surface area contributed by atoms with Crippen LogP contribution in [0.15, 0.2) is 178 Å². The van der Waals surface area contributed by atoms with Crippen LogP contribution in [-0.2, 0) is 64.9 Å². The van der Waals surface area contributed by atoms with E-state index in [1.54, 1.807) is 121 Å². The lowest BCUT2D eigenvalue weighted by Gasteiger charge is -2.29. The van der Waals surface area contributed by atoms with Crippen LogP contribution in [0, 0.1) is 6.57 Å². The Hall–Kier alpha value is -10.6. The van der Waals surface area contributed by atoms with Gasteiger partial charge in [0.15, 0.2) is 47.0 Å². The van der Waals surface area contributed by atoms with Gasteiger partial charge in [-0.05, 0) is 35.4 Å². The molecule has 10 heterocycles. The Kier molecular flexibility index (Phi) is 25.3. The van der Waals surface area contributed by atoms with Crippen molar-refractivity contribution in [3.63, 3.8) is 0 Å². The average Bonchev–Trinajstić information content (AvgIpc) is 1.72. The van der Waals surface area contributed by atoms with Crippen molar-refractivity contribution in [2.45, 2.75) is 98.8 Å². The molecule has 0 spiro atoms. The molecule has 4 fully saturated rings. The topological polar surface area (TPSA) is 539 Å². The standard InChI is InChI=1S/C43H41N8O13P.C26H30N7O11P.H3N/c1-44-18-19-59-65(57,64-30-20-33(61-31(30)22-52)50-21-29(40(54)49-43(50)56)26-12-6-3-7-13-26)60-23-32-35(63-42(55)28-16-10-5-11-17-28)36(58-2)41(62-32)51-25-47-34-37(45-24-46-38(34)51)48-39(53)27-14-8-4-9-15-27;1-40-21-20(35)17(43-25(21)33-12-30-19-22(27)28-11-29-23(19)33)10-41-45(38,39)44-15-7-18(42-16(15)9-34)32-8-14(24(36)31-26(32)37)13-5-3-2-4-6-13;/h3-17,21,24-25,30-33,35-36,41,52H,18-20,22-23H2,2H3,(H,49,54,56)(H,45,46,48,53);2-6,8,11-12,15-18,20-21,25,34-35H,7,9-10H2,1H3,(H,38,39)(H2,27,28,29)(H,31,36,37);1H3/t30?,31-,32-,33-,35?,36+,41-,65?;15?,16-,17-,18-,20?,21+,25-;/m11./s1. The number of phosphoric ester groups is 2. The number of aromatic nitrogens is 12. The number of ether oxygens (including phenoxy) is 7. The summed E-state index contributed by atoms with van der Waals surface area (Å²) in [4.78, 5) is 124. The van der Waals surface area contributed by atoms with Crippen LogP contribution in [0.25, 0.3) is 49.4 Å². The number of rotatable bonds is 27. The quantitative estimate of drug-likeness (QED) is 0.0158. The van der Waals surface area contributed by atoms with E-state index in [1.165, 1.54) is 61.1 Å². The maximum atomic E-state index is 14.6. The molecule has 4 aromatic carbocycles. The highest BCUT2D eigenvalue weighted by atomic mass is 31.2. The van der Waals surface area contributed by atoms with Gasteiger partial charge in [-0.2, -0.15) is 0 Å². The van der Waals surface area contributed by atoms with E-state index in [0.717, 1.165) is 9.13 Å². The lowest BCUT2D eigenvalue weighted by atomic mass is 10.1. The van der Waals surface area contributed by atoms with Gasteiger partial charge < -0.3 is 84.5 Å². The number of carbonyl (C=O) groups excluding carboxylic acids is 2. The minimum atomic E-state index is -5.09. The van der Waals surface area contributed by atoms with Crippen molar-refractivity contribution in [1.29, 1.82) is 0 Å². The lowest BCUT2D eigenvalue weighted by Crippen LogP contribution is -2.39. The van der Waals surface area contributed by atoms with Crippen LogP contribution in [-0.4, -0.2) is 200 Å². The molecule has 4 aliphatic rings. The molecule has 584 valence electrons. The fraction of sp³-hybridized carbons (Fsp3) is 0.348. The molecule has 4 aliphatic heterocycles. The van der Waals surface area contributed by atoms with Crippen molar-refractivity contribution < 1.29 is 94.7 Å². The molecule has 111 heavy (non-hydrogen) atoms. The second-order valence-electron chi connectivity index (χ2n) is 24.9. The van der Waals surface area contributed by atoms with E-state index in [1.807, 2.05) is 0 Å². The molecule has 0 bridgehead atoms. The largest absolute Gasteiger partial charge is 0.756 e. The van der Waals surface area contributed by atoms with Crippen molar-refractivity contribution in [1.82, 2.24) is 64.3 Å². The highest BCUT2D eigenvalue weighted by Crippen LogP contribution is 2.54. The van der Waals surface area contributed by atoms with E-state index in [-0.39, 0.29) is 65.0 Å². The predicted molar refractivity (Wildman–Crippen MR) is 386 cm³/mol. The first-order chi connectivity index (χ1) is 53.2. The van der Waals surface area contributed by atoms with Crippen molar-refractivity contribution in [2.24, 2.45) is 0 Å². The van der Waals surface area contributed by atoms with Crippen LogP contribution in [0.3, 0.4) is 0 Å². The molecule has 4 saturated heterocycles.